The van der Waals surface area contributed by atoms with Crippen molar-refractivity contribution >= 4 is 8.07 Å². The van der Waals surface area contributed by atoms with E-state index < -0.39 is 8.07 Å². The zero-order valence-electron chi connectivity index (χ0n) is 22.3. The Balaban J connectivity index is 1.63. The maximum absolute atomic E-state index is 6.87. The second kappa shape index (κ2) is 11.0. The molecule has 5 atom stereocenters. The first-order chi connectivity index (χ1) is 17.4. The van der Waals surface area contributed by atoms with E-state index in [1.54, 1.807) is 0 Å². The van der Waals surface area contributed by atoms with E-state index in [-0.39, 0.29) is 24.4 Å². The van der Waals surface area contributed by atoms with Gasteiger partial charge in [0.25, 0.3) is 0 Å². The second-order valence-electron chi connectivity index (χ2n) is 11.7. The quantitative estimate of drug-likeness (QED) is 0.257. The lowest BCUT2D eigenvalue weighted by Gasteiger charge is -2.44. The summed E-state index contributed by atoms with van der Waals surface area (Å²) in [6.07, 6.45) is 2.12. The van der Waals surface area contributed by atoms with Crippen LogP contribution < -0.4 is 0 Å². The van der Waals surface area contributed by atoms with Gasteiger partial charge in [-0.25, -0.2) is 0 Å². The first-order valence-electron chi connectivity index (χ1n) is 13.9. The Morgan fingerprint density at radius 3 is 1.36 bits per heavy atom. The van der Waals surface area contributed by atoms with Gasteiger partial charge in [-0.15, -0.1) is 0 Å². The Morgan fingerprint density at radius 1 is 0.583 bits per heavy atom. The third-order valence-corrected chi connectivity index (χ3v) is 13.7. The predicted molar refractivity (Wildman–Crippen MR) is 152 cm³/mol. The van der Waals surface area contributed by atoms with Crippen LogP contribution in [0.2, 0.25) is 5.54 Å². The highest BCUT2D eigenvalue weighted by atomic mass is 28.3. The highest BCUT2D eigenvalue weighted by Gasteiger charge is 2.66. The molecule has 2 fully saturated rings. The molecule has 2 saturated carbocycles. The average Bonchev–Trinajstić information content (AvgIpc) is 3.58. The van der Waals surface area contributed by atoms with Crippen molar-refractivity contribution < 1.29 is 9.47 Å². The Morgan fingerprint density at radius 2 is 0.972 bits per heavy atom. The fraction of sp³-hybridized carbons (Fsp3) is 0.455. The molecule has 3 aromatic rings. The molecule has 3 aromatic carbocycles. The third kappa shape index (κ3) is 5.69. The lowest BCUT2D eigenvalue weighted by molar-refractivity contribution is -0.106. The van der Waals surface area contributed by atoms with Crippen LogP contribution in [0.15, 0.2) is 91.0 Å². The minimum atomic E-state index is -2.03. The van der Waals surface area contributed by atoms with Gasteiger partial charge in [-0.05, 0) is 69.6 Å². The largest absolute Gasteiger partial charge is 0.373 e. The van der Waals surface area contributed by atoms with Crippen LogP contribution in [-0.2, 0) is 27.6 Å². The van der Waals surface area contributed by atoms with Gasteiger partial charge in [0.1, 0.15) is 0 Å². The van der Waals surface area contributed by atoms with Gasteiger partial charge in [0.15, 0.2) is 0 Å². The molecule has 0 aliphatic heterocycles. The highest BCUT2D eigenvalue weighted by Crippen LogP contribution is 2.64. The van der Waals surface area contributed by atoms with Crippen LogP contribution in [0.3, 0.4) is 0 Å². The van der Waals surface area contributed by atoms with Crippen molar-refractivity contribution in [2.24, 2.45) is 11.8 Å². The normalized spacial score (nSPS) is 25.3. The fourth-order valence-corrected chi connectivity index (χ4v) is 13.5. The number of rotatable bonds is 11. The van der Waals surface area contributed by atoms with E-state index in [0.717, 1.165) is 5.92 Å². The highest BCUT2D eigenvalue weighted by molar-refractivity contribution is 6.80. The van der Waals surface area contributed by atoms with Crippen molar-refractivity contribution in [3.63, 3.8) is 0 Å². The van der Waals surface area contributed by atoms with E-state index in [2.05, 4.69) is 119 Å². The fourth-order valence-electron chi connectivity index (χ4n) is 7.04. The predicted octanol–water partition coefficient (Wildman–Crippen LogP) is 7.39. The van der Waals surface area contributed by atoms with Gasteiger partial charge in [-0.2, -0.15) is 0 Å². The minimum Gasteiger partial charge on any atom is -0.373 e. The van der Waals surface area contributed by atoms with Gasteiger partial charge in [0, 0.05) is 0 Å². The topological polar surface area (TPSA) is 18.5 Å². The smallest absolute Gasteiger partial charge is 0.0871 e. The molecule has 0 bridgehead atoms. The molecule has 2 aliphatic rings. The maximum Gasteiger partial charge on any atom is 0.0871 e. The summed E-state index contributed by atoms with van der Waals surface area (Å²) in [6.45, 7) is 8.75. The number of hydrogen-bond donors (Lipinski definition) is 0. The van der Waals surface area contributed by atoms with Gasteiger partial charge in [0.2, 0.25) is 0 Å². The summed E-state index contributed by atoms with van der Waals surface area (Å²) in [6, 6.07) is 37.3. The monoisotopic (exact) mass is 498 g/mol. The first kappa shape index (κ1) is 25.4. The molecule has 0 unspecified atom stereocenters. The van der Waals surface area contributed by atoms with E-state index in [1.165, 1.54) is 41.2 Å². The third-order valence-electron chi connectivity index (χ3n) is 8.21. The summed E-state index contributed by atoms with van der Waals surface area (Å²) < 4.78 is 13.5. The van der Waals surface area contributed by atoms with Crippen LogP contribution in [0.5, 0.6) is 0 Å². The van der Waals surface area contributed by atoms with Crippen LogP contribution in [0.4, 0.5) is 0 Å². The van der Waals surface area contributed by atoms with Crippen LogP contribution in [-0.4, -0.2) is 32.5 Å². The second-order valence-corrected chi connectivity index (χ2v) is 16.2. The van der Waals surface area contributed by atoms with Crippen molar-refractivity contribution in [1.82, 2.24) is 0 Å². The zero-order chi connectivity index (χ0) is 25.1. The molecule has 0 amide bonds. The van der Waals surface area contributed by atoms with Crippen LogP contribution >= 0.6 is 0 Å². The Kier molecular flexibility index (Phi) is 7.81. The lowest BCUT2D eigenvalue weighted by atomic mass is 10.1. The molecule has 3 heteroatoms. The molecular weight excluding hydrogens is 456 g/mol. The molecular formula is C33H42O2Si. The molecule has 0 N–H and O–H groups in total. The lowest BCUT2D eigenvalue weighted by Crippen LogP contribution is -2.54. The SMILES string of the molecule is CC(C)O[C@H]1[C@@H]2C[C@@H]2[C@@H]([Si](Cc2ccccc2)(Cc2ccccc2)Cc2ccccc2)[C@H]1OC(C)C. The molecule has 2 aliphatic carbocycles. The Labute approximate surface area is 219 Å². The van der Waals surface area contributed by atoms with E-state index >= 15 is 0 Å². The van der Waals surface area contributed by atoms with Gasteiger partial charge < -0.3 is 9.47 Å². The number of fused-ring (bicyclic) bond motifs is 1. The Bertz CT molecular complexity index is 981. The van der Waals surface area contributed by atoms with Crippen molar-refractivity contribution in [2.75, 3.05) is 0 Å². The zero-order valence-corrected chi connectivity index (χ0v) is 23.3. The summed E-state index contributed by atoms with van der Waals surface area (Å²) in [4.78, 5) is 0. The van der Waals surface area contributed by atoms with Crippen molar-refractivity contribution in [3.8, 4) is 0 Å². The van der Waals surface area contributed by atoms with Gasteiger partial charge in [-0.1, -0.05) is 108 Å². The number of benzene rings is 3. The van der Waals surface area contributed by atoms with Crippen LogP contribution in [0.25, 0.3) is 0 Å². The molecule has 0 radical (unpaired) electrons. The molecule has 0 spiro atoms. The molecule has 0 aromatic heterocycles. The summed E-state index contributed by atoms with van der Waals surface area (Å²) >= 11 is 0. The molecule has 0 heterocycles. The van der Waals surface area contributed by atoms with Gasteiger partial charge in [0.05, 0.1) is 32.5 Å². The molecule has 190 valence electrons. The minimum absolute atomic E-state index is 0.180. The summed E-state index contributed by atoms with van der Waals surface area (Å²) in [5.74, 6) is 1.37. The standard InChI is InChI=1S/C33H42O2Si/c1-24(2)34-31-29-20-30(29)33(32(31)35-25(3)4)36(21-26-14-8-5-9-15-26,22-27-16-10-6-11-17-27)23-28-18-12-7-13-19-28/h5-19,24-25,29-33H,20-23H2,1-4H3/t29-,30+,31+,32+,33-/m1/s1. The van der Waals surface area contributed by atoms with E-state index in [4.69, 9.17) is 9.47 Å². The number of hydrogen-bond acceptors (Lipinski definition) is 2. The van der Waals surface area contributed by atoms with E-state index in [1.807, 2.05) is 0 Å². The summed E-state index contributed by atoms with van der Waals surface area (Å²) in [5, 5.41) is 0. The van der Waals surface area contributed by atoms with Crippen molar-refractivity contribution in [2.45, 2.75) is 82.2 Å². The van der Waals surface area contributed by atoms with Crippen LogP contribution in [0, 0.1) is 11.8 Å². The molecule has 5 rings (SSSR count). The average molecular weight is 499 g/mol. The van der Waals surface area contributed by atoms with Crippen molar-refractivity contribution in [1.29, 1.82) is 0 Å². The number of ether oxygens (including phenoxy) is 2. The van der Waals surface area contributed by atoms with Crippen molar-refractivity contribution in [3.05, 3.63) is 108 Å². The van der Waals surface area contributed by atoms with Gasteiger partial charge in [-0.3, -0.25) is 0 Å². The molecule has 36 heavy (non-hydrogen) atoms. The molecule has 0 saturated heterocycles. The van der Waals surface area contributed by atoms with E-state index in [9.17, 15) is 0 Å². The first-order valence-corrected chi connectivity index (χ1v) is 16.6. The van der Waals surface area contributed by atoms with Crippen LogP contribution in [0.1, 0.15) is 50.8 Å². The summed E-state index contributed by atoms with van der Waals surface area (Å²) in [7, 11) is -2.03. The van der Waals surface area contributed by atoms with E-state index in [0.29, 0.717) is 11.5 Å². The summed E-state index contributed by atoms with van der Waals surface area (Å²) in [5.41, 5.74) is 5.01. The maximum atomic E-state index is 6.87. The molecule has 2 nitrogen and oxygen atoms in total. The Hall–Kier alpha value is -2.20. The van der Waals surface area contributed by atoms with Gasteiger partial charge >= 0.3 is 0 Å².